The zero-order chi connectivity index (χ0) is 19.0. The summed E-state index contributed by atoms with van der Waals surface area (Å²) in [5, 5.41) is 6.36. The average Bonchev–Trinajstić information content (AvgIpc) is 2.92. The van der Waals surface area contributed by atoms with E-state index in [1.54, 1.807) is 48.5 Å². The first kappa shape index (κ1) is 20.3. The van der Waals surface area contributed by atoms with Gasteiger partial charge in [0.2, 0.25) is 0 Å². The fraction of sp³-hybridized carbons (Fsp3) is 0.263. The maximum absolute atomic E-state index is 12.6. The number of nitrogens with one attached hydrogen (secondary N) is 2. The summed E-state index contributed by atoms with van der Waals surface area (Å²) in [4.78, 5) is 14.7. The Kier molecular flexibility index (Phi) is 5.74. The van der Waals surface area contributed by atoms with Gasteiger partial charge in [-0.2, -0.15) is 8.42 Å². The van der Waals surface area contributed by atoms with Crippen LogP contribution in [0.3, 0.4) is 0 Å². The fourth-order valence-corrected chi connectivity index (χ4v) is 4.50. The second-order valence-corrected chi connectivity index (χ2v) is 8.29. The van der Waals surface area contributed by atoms with Gasteiger partial charge in [0.15, 0.2) is 5.84 Å². The van der Waals surface area contributed by atoms with Gasteiger partial charge in [-0.15, -0.1) is 16.8 Å². The average molecular weight is 421 g/mol. The highest BCUT2D eigenvalue weighted by Crippen LogP contribution is 2.26. The number of amidine groups is 1. The molecule has 28 heavy (non-hydrogen) atoms. The number of sulfonamides is 1. The number of halogens is 1. The van der Waals surface area contributed by atoms with Gasteiger partial charge < -0.3 is 15.5 Å². The van der Waals surface area contributed by atoms with Gasteiger partial charge in [0.25, 0.3) is 15.9 Å². The first-order valence-electron chi connectivity index (χ1n) is 8.78. The predicted octanol–water partition coefficient (Wildman–Crippen LogP) is 2.10. The van der Waals surface area contributed by atoms with Crippen molar-refractivity contribution < 1.29 is 13.2 Å². The van der Waals surface area contributed by atoms with Crippen molar-refractivity contribution in [3.05, 3.63) is 59.7 Å². The quantitative estimate of drug-likeness (QED) is 0.776. The third-order valence-electron chi connectivity index (χ3n) is 4.68. The van der Waals surface area contributed by atoms with Gasteiger partial charge >= 0.3 is 0 Å². The van der Waals surface area contributed by atoms with E-state index in [9.17, 15) is 13.2 Å². The number of hydrogen-bond donors (Lipinski definition) is 2. The Labute approximate surface area is 170 Å². The molecular weight excluding hydrogens is 400 g/mol. The van der Waals surface area contributed by atoms with E-state index in [1.807, 2.05) is 4.90 Å². The van der Waals surface area contributed by atoms with Crippen molar-refractivity contribution in [1.29, 1.82) is 0 Å². The zero-order valence-corrected chi connectivity index (χ0v) is 16.9. The number of carbonyl (C=O) groups is 1. The van der Waals surface area contributed by atoms with Crippen molar-refractivity contribution in [3.8, 4) is 0 Å². The van der Waals surface area contributed by atoms with Crippen molar-refractivity contribution in [1.82, 2.24) is 10.2 Å². The van der Waals surface area contributed by atoms with Crippen LogP contribution in [0.25, 0.3) is 0 Å². The van der Waals surface area contributed by atoms with Crippen LogP contribution in [0.5, 0.6) is 0 Å². The van der Waals surface area contributed by atoms with Crippen LogP contribution in [0.15, 0.2) is 57.8 Å². The number of fused-ring (bicyclic) bond motifs is 1. The lowest BCUT2D eigenvalue weighted by Gasteiger charge is -2.32. The van der Waals surface area contributed by atoms with Gasteiger partial charge in [-0.25, -0.2) is 0 Å². The highest BCUT2D eigenvalue weighted by molar-refractivity contribution is 7.90. The molecule has 0 spiro atoms. The van der Waals surface area contributed by atoms with Crippen molar-refractivity contribution >= 4 is 39.9 Å². The number of amides is 1. The summed E-state index contributed by atoms with van der Waals surface area (Å²) in [5.41, 5.74) is 1.83. The second-order valence-electron chi connectivity index (χ2n) is 6.72. The lowest BCUT2D eigenvalue weighted by molar-refractivity contribution is 0.0709. The molecule has 1 unspecified atom stereocenters. The molecule has 2 N–H and O–H groups in total. The summed E-state index contributed by atoms with van der Waals surface area (Å²) >= 11 is 0. The minimum atomic E-state index is -3.66. The van der Waals surface area contributed by atoms with Gasteiger partial charge in [0.05, 0.1) is 0 Å². The van der Waals surface area contributed by atoms with Crippen LogP contribution in [0, 0.1) is 0 Å². The summed E-state index contributed by atoms with van der Waals surface area (Å²) in [6.07, 6.45) is 0. The van der Waals surface area contributed by atoms with Gasteiger partial charge in [0, 0.05) is 42.5 Å². The number of rotatable bonds is 2. The molecule has 9 heteroatoms. The van der Waals surface area contributed by atoms with Crippen LogP contribution in [-0.2, 0) is 10.0 Å². The molecule has 0 aromatic heterocycles. The molecule has 148 valence electrons. The lowest BCUT2D eigenvalue weighted by Crippen LogP contribution is -2.51. The van der Waals surface area contributed by atoms with Crippen molar-refractivity contribution in [3.63, 3.8) is 0 Å². The van der Waals surface area contributed by atoms with Crippen LogP contribution in [0.1, 0.15) is 22.8 Å². The van der Waals surface area contributed by atoms with E-state index in [4.69, 9.17) is 0 Å². The normalized spacial score (nSPS) is 20.0. The molecule has 1 atom stereocenters. The number of benzene rings is 2. The Morgan fingerprint density at radius 1 is 1.18 bits per heavy atom. The van der Waals surface area contributed by atoms with E-state index >= 15 is 0 Å². The Morgan fingerprint density at radius 2 is 1.89 bits per heavy atom. The molecule has 2 aromatic rings. The van der Waals surface area contributed by atoms with E-state index in [2.05, 4.69) is 22.0 Å². The smallest absolute Gasteiger partial charge is 0.285 e. The molecule has 2 aliphatic rings. The van der Waals surface area contributed by atoms with E-state index in [-0.39, 0.29) is 29.3 Å². The Morgan fingerprint density at radius 3 is 2.61 bits per heavy atom. The summed E-state index contributed by atoms with van der Waals surface area (Å²) in [5.74, 6) is 0.293. The minimum absolute atomic E-state index is 0. The Hall–Kier alpha value is -2.42. The van der Waals surface area contributed by atoms with Crippen LogP contribution < -0.4 is 10.6 Å². The first-order valence-corrected chi connectivity index (χ1v) is 10.2. The molecule has 2 heterocycles. The SMILES string of the molecule is CC1CN(C(=O)c2ccc(NC3=NS(=O)(=O)c4ccccc43)cc2)CCN1.Cl. The highest BCUT2D eigenvalue weighted by Gasteiger charge is 2.28. The summed E-state index contributed by atoms with van der Waals surface area (Å²) in [6.45, 7) is 4.22. The highest BCUT2D eigenvalue weighted by atomic mass is 35.5. The van der Waals surface area contributed by atoms with Crippen molar-refractivity contribution in [2.75, 3.05) is 25.0 Å². The monoisotopic (exact) mass is 420 g/mol. The molecule has 2 aromatic carbocycles. The molecule has 0 aliphatic carbocycles. The summed E-state index contributed by atoms with van der Waals surface area (Å²) in [7, 11) is -3.66. The number of carbonyl (C=O) groups excluding carboxylic acids is 1. The molecule has 1 saturated heterocycles. The van der Waals surface area contributed by atoms with Gasteiger partial charge in [0.1, 0.15) is 4.90 Å². The van der Waals surface area contributed by atoms with Crippen molar-refractivity contribution in [2.24, 2.45) is 4.40 Å². The Bertz CT molecular complexity index is 1020. The molecule has 4 rings (SSSR count). The zero-order valence-electron chi connectivity index (χ0n) is 15.3. The van der Waals surface area contributed by atoms with Gasteiger partial charge in [-0.1, -0.05) is 12.1 Å². The summed E-state index contributed by atoms with van der Waals surface area (Å²) < 4.78 is 28.1. The van der Waals surface area contributed by atoms with Crippen molar-refractivity contribution in [2.45, 2.75) is 17.9 Å². The van der Waals surface area contributed by atoms with Crippen LogP contribution >= 0.6 is 12.4 Å². The van der Waals surface area contributed by atoms with E-state index in [0.29, 0.717) is 35.7 Å². The van der Waals surface area contributed by atoms with Crippen LogP contribution in [-0.4, -0.2) is 50.7 Å². The van der Waals surface area contributed by atoms with E-state index in [1.165, 1.54) is 0 Å². The lowest BCUT2D eigenvalue weighted by atomic mass is 10.1. The van der Waals surface area contributed by atoms with E-state index in [0.717, 1.165) is 6.54 Å². The molecule has 2 aliphatic heterocycles. The number of nitrogens with zero attached hydrogens (tertiary/aromatic N) is 2. The Balaban J connectivity index is 0.00000225. The summed E-state index contributed by atoms with van der Waals surface area (Å²) in [6, 6.07) is 14.0. The molecule has 1 amide bonds. The molecule has 1 fully saturated rings. The largest absolute Gasteiger partial charge is 0.339 e. The third kappa shape index (κ3) is 3.89. The molecule has 0 saturated carbocycles. The second kappa shape index (κ2) is 7.90. The maximum Gasteiger partial charge on any atom is 0.285 e. The number of hydrogen-bond acceptors (Lipinski definition) is 5. The van der Waals surface area contributed by atoms with Gasteiger partial charge in [-0.05, 0) is 43.3 Å². The van der Waals surface area contributed by atoms with Gasteiger partial charge in [-0.3, -0.25) is 4.79 Å². The minimum Gasteiger partial charge on any atom is -0.339 e. The molecule has 0 bridgehead atoms. The maximum atomic E-state index is 12.6. The fourth-order valence-electron chi connectivity index (χ4n) is 3.33. The topological polar surface area (TPSA) is 90.9 Å². The number of anilines is 1. The van der Waals surface area contributed by atoms with E-state index < -0.39 is 10.0 Å². The molecule has 7 nitrogen and oxygen atoms in total. The molecular formula is C19H21ClN4O3S. The molecule has 0 radical (unpaired) electrons. The van der Waals surface area contributed by atoms with Crippen LogP contribution in [0.2, 0.25) is 0 Å². The first-order chi connectivity index (χ1) is 12.9. The standard InChI is InChI=1S/C19H20N4O3S.ClH/c1-13-12-23(11-10-20-13)19(24)14-6-8-15(9-7-14)21-18-16-4-2-3-5-17(16)27(25,26)22-18;/h2-9,13,20H,10-12H2,1H3,(H,21,22);1H. The van der Waals surface area contributed by atoms with Crippen LogP contribution in [0.4, 0.5) is 5.69 Å². The number of piperazine rings is 1. The third-order valence-corrected chi connectivity index (χ3v) is 6.02. The predicted molar refractivity (Wildman–Crippen MR) is 111 cm³/mol.